The summed E-state index contributed by atoms with van der Waals surface area (Å²) in [6, 6.07) is 16.1. The molecule has 0 atom stereocenters. The SMILES string of the molecule is COc1cc(/C=N\NC(=O)CSc2nc3ccccc3s2)cc(Cl)c1OS(=O)(=O)c1ccc(NC(C)=O)cc1. The number of hydrazone groups is 1. The quantitative estimate of drug-likeness (QED) is 0.113. The largest absolute Gasteiger partial charge is 0.493 e. The third-order valence-electron chi connectivity index (χ3n) is 4.91. The molecule has 2 amide bonds. The van der Waals surface area contributed by atoms with Crippen LogP contribution in [0, 0.1) is 0 Å². The van der Waals surface area contributed by atoms with E-state index in [1.165, 1.54) is 79.7 Å². The van der Waals surface area contributed by atoms with Gasteiger partial charge in [0.25, 0.3) is 5.91 Å². The number of nitrogens with one attached hydrogen (secondary N) is 2. The van der Waals surface area contributed by atoms with Gasteiger partial charge >= 0.3 is 10.1 Å². The lowest BCUT2D eigenvalue weighted by molar-refractivity contribution is -0.118. The second kappa shape index (κ2) is 12.5. The second-order valence-corrected chi connectivity index (χ2v) is 12.0. The average Bonchev–Trinajstić information content (AvgIpc) is 3.32. The molecule has 10 nitrogen and oxygen atoms in total. The maximum atomic E-state index is 12.8. The molecule has 0 saturated carbocycles. The lowest BCUT2D eigenvalue weighted by Crippen LogP contribution is -2.19. The Bertz CT molecular complexity index is 1620. The van der Waals surface area contributed by atoms with Crippen molar-refractivity contribution in [3.05, 3.63) is 71.2 Å². The van der Waals surface area contributed by atoms with Crippen LogP contribution in [0.15, 0.2) is 75.0 Å². The highest BCUT2D eigenvalue weighted by Crippen LogP contribution is 2.38. The first-order valence-electron chi connectivity index (χ1n) is 11.1. The van der Waals surface area contributed by atoms with E-state index < -0.39 is 10.1 Å². The summed E-state index contributed by atoms with van der Waals surface area (Å²) in [6.07, 6.45) is 1.34. The number of hydrogen-bond donors (Lipinski definition) is 2. The van der Waals surface area contributed by atoms with Crippen LogP contribution in [0.2, 0.25) is 5.02 Å². The fourth-order valence-corrected chi connectivity index (χ4v) is 6.33. The van der Waals surface area contributed by atoms with Crippen LogP contribution in [0.25, 0.3) is 10.2 Å². The minimum absolute atomic E-state index is 0.0418. The number of carbonyl (C=O) groups is 2. The number of benzene rings is 3. The summed E-state index contributed by atoms with van der Waals surface area (Å²) < 4.78 is 38.0. The van der Waals surface area contributed by atoms with Gasteiger partial charge in [-0.15, -0.1) is 11.3 Å². The summed E-state index contributed by atoms with van der Waals surface area (Å²) >= 11 is 9.12. The van der Waals surface area contributed by atoms with Crippen molar-refractivity contribution in [2.24, 2.45) is 5.10 Å². The number of para-hydroxylation sites is 1. The molecule has 0 radical (unpaired) electrons. The van der Waals surface area contributed by atoms with E-state index in [0.29, 0.717) is 11.3 Å². The molecule has 0 aliphatic rings. The molecule has 0 aliphatic carbocycles. The highest BCUT2D eigenvalue weighted by molar-refractivity contribution is 8.01. The number of amides is 2. The topological polar surface area (TPSA) is 136 Å². The van der Waals surface area contributed by atoms with E-state index in [4.69, 9.17) is 20.5 Å². The summed E-state index contributed by atoms with van der Waals surface area (Å²) in [5.74, 6) is -0.662. The molecule has 0 saturated heterocycles. The van der Waals surface area contributed by atoms with Gasteiger partial charge in [0.2, 0.25) is 11.7 Å². The molecule has 14 heteroatoms. The predicted molar refractivity (Wildman–Crippen MR) is 153 cm³/mol. The Morgan fingerprint density at radius 1 is 1.15 bits per heavy atom. The monoisotopic (exact) mass is 604 g/mol. The number of halogens is 1. The average molecular weight is 605 g/mol. The molecule has 0 aliphatic heterocycles. The van der Waals surface area contributed by atoms with Gasteiger partial charge in [-0.1, -0.05) is 35.5 Å². The Kier molecular flexibility index (Phi) is 9.07. The van der Waals surface area contributed by atoms with Crippen LogP contribution in [0.4, 0.5) is 5.69 Å². The molecule has 39 heavy (non-hydrogen) atoms. The van der Waals surface area contributed by atoms with Gasteiger partial charge in [0.05, 0.1) is 34.3 Å². The lowest BCUT2D eigenvalue weighted by Gasteiger charge is -2.13. The minimum atomic E-state index is -4.27. The van der Waals surface area contributed by atoms with E-state index in [2.05, 4.69) is 20.8 Å². The van der Waals surface area contributed by atoms with Gasteiger partial charge < -0.3 is 14.2 Å². The Hall–Kier alpha value is -3.65. The van der Waals surface area contributed by atoms with Crippen molar-refractivity contribution in [1.29, 1.82) is 0 Å². The zero-order valence-electron chi connectivity index (χ0n) is 20.5. The first-order chi connectivity index (χ1) is 18.6. The molecule has 4 aromatic rings. The third kappa shape index (κ3) is 7.47. The molecule has 1 heterocycles. The van der Waals surface area contributed by atoms with Crippen LogP contribution in [0.3, 0.4) is 0 Å². The number of rotatable bonds is 10. The van der Waals surface area contributed by atoms with Gasteiger partial charge in [-0.25, -0.2) is 10.4 Å². The Balaban J connectivity index is 1.39. The summed E-state index contributed by atoms with van der Waals surface area (Å²) in [4.78, 5) is 27.7. The van der Waals surface area contributed by atoms with Crippen molar-refractivity contribution in [2.75, 3.05) is 18.2 Å². The maximum absolute atomic E-state index is 12.8. The van der Waals surface area contributed by atoms with Crippen LogP contribution < -0.4 is 19.7 Å². The van der Waals surface area contributed by atoms with Crippen molar-refractivity contribution >= 4 is 78.8 Å². The van der Waals surface area contributed by atoms with E-state index in [1.807, 2.05) is 24.3 Å². The van der Waals surface area contributed by atoms with E-state index >= 15 is 0 Å². The van der Waals surface area contributed by atoms with Crippen LogP contribution in [0.1, 0.15) is 12.5 Å². The standard InChI is InChI=1S/C25H21ClN4O6S3/c1-15(31)28-17-7-9-18(10-8-17)39(33,34)36-24-19(26)11-16(12-21(24)35-2)13-27-30-23(32)14-37-25-29-20-5-3-4-6-22(20)38-25/h3-13H,14H2,1-2H3,(H,28,31)(H,30,32)/b27-13-. The van der Waals surface area contributed by atoms with Gasteiger partial charge in [-0.05, 0) is 54.1 Å². The lowest BCUT2D eigenvalue weighted by atomic mass is 10.2. The Morgan fingerprint density at radius 2 is 1.90 bits per heavy atom. The Morgan fingerprint density at radius 3 is 2.59 bits per heavy atom. The molecule has 202 valence electrons. The van der Waals surface area contributed by atoms with Crippen LogP contribution in [-0.2, 0) is 19.7 Å². The molecule has 3 aromatic carbocycles. The summed E-state index contributed by atoms with van der Waals surface area (Å²) in [5.41, 5.74) is 4.18. The first-order valence-corrected chi connectivity index (χ1v) is 14.7. The summed E-state index contributed by atoms with van der Waals surface area (Å²) in [5, 5.41) is 6.44. The van der Waals surface area contributed by atoms with Gasteiger partial charge in [0, 0.05) is 12.6 Å². The second-order valence-electron chi connectivity index (χ2n) is 7.81. The molecule has 0 fully saturated rings. The number of aromatic nitrogens is 1. The number of thioether (sulfide) groups is 1. The van der Waals surface area contributed by atoms with Gasteiger partial charge in [0.15, 0.2) is 10.1 Å². The molecule has 0 bridgehead atoms. The summed E-state index contributed by atoms with van der Waals surface area (Å²) in [7, 11) is -2.94. The van der Waals surface area contributed by atoms with Crippen molar-refractivity contribution in [3.8, 4) is 11.5 Å². The molecule has 2 N–H and O–H groups in total. The van der Waals surface area contributed by atoms with E-state index in [0.717, 1.165) is 14.6 Å². The molecular formula is C25H21ClN4O6S3. The molecule has 0 spiro atoms. The Labute approximate surface area is 237 Å². The highest BCUT2D eigenvalue weighted by atomic mass is 35.5. The smallest absolute Gasteiger partial charge is 0.339 e. The zero-order chi connectivity index (χ0) is 28.0. The van der Waals surface area contributed by atoms with E-state index in [1.54, 1.807) is 0 Å². The maximum Gasteiger partial charge on any atom is 0.339 e. The highest BCUT2D eigenvalue weighted by Gasteiger charge is 2.22. The summed E-state index contributed by atoms with van der Waals surface area (Å²) in [6.45, 7) is 1.34. The number of carbonyl (C=O) groups excluding carboxylic acids is 2. The fourth-order valence-electron chi connectivity index (χ4n) is 3.21. The van der Waals surface area contributed by atoms with E-state index in [9.17, 15) is 18.0 Å². The number of ether oxygens (including phenoxy) is 1. The number of nitrogens with zero attached hydrogens (tertiary/aromatic N) is 2. The fraction of sp³-hybridized carbons (Fsp3) is 0.120. The molecular weight excluding hydrogens is 584 g/mol. The normalized spacial score (nSPS) is 11.5. The van der Waals surface area contributed by atoms with E-state index in [-0.39, 0.29) is 39.0 Å². The molecule has 4 rings (SSSR count). The van der Waals surface area contributed by atoms with Crippen molar-refractivity contribution in [3.63, 3.8) is 0 Å². The van der Waals surface area contributed by atoms with Crippen molar-refractivity contribution in [1.82, 2.24) is 10.4 Å². The van der Waals surface area contributed by atoms with Crippen molar-refractivity contribution < 1.29 is 26.9 Å². The van der Waals surface area contributed by atoms with Crippen LogP contribution in [-0.4, -0.2) is 44.3 Å². The first kappa shape index (κ1) is 28.4. The van der Waals surface area contributed by atoms with Gasteiger partial charge in [-0.2, -0.15) is 13.5 Å². The number of thiazole rings is 1. The van der Waals surface area contributed by atoms with Gasteiger partial charge in [-0.3, -0.25) is 9.59 Å². The zero-order valence-corrected chi connectivity index (χ0v) is 23.7. The predicted octanol–water partition coefficient (Wildman–Crippen LogP) is 4.93. The van der Waals surface area contributed by atoms with Gasteiger partial charge in [0.1, 0.15) is 4.90 Å². The molecule has 1 aromatic heterocycles. The van der Waals surface area contributed by atoms with Crippen molar-refractivity contribution in [2.45, 2.75) is 16.2 Å². The minimum Gasteiger partial charge on any atom is -0.493 e. The number of methoxy groups -OCH3 is 1. The molecule has 0 unspecified atom stereocenters. The van der Waals surface area contributed by atoms with Crippen LogP contribution in [0.5, 0.6) is 11.5 Å². The number of anilines is 1. The number of fused-ring (bicyclic) bond motifs is 1. The van der Waals surface area contributed by atoms with Crippen LogP contribution >= 0.6 is 34.7 Å². The third-order valence-corrected chi connectivity index (χ3v) is 8.61. The number of hydrogen-bond acceptors (Lipinski definition) is 10.